The Morgan fingerprint density at radius 2 is 1.72 bits per heavy atom. The molecule has 0 aromatic carbocycles. The Labute approximate surface area is 114 Å². The zero-order valence-electron chi connectivity index (χ0n) is 9.82. The maximum absolute atomic E-state index is 5.28. The van der Waals surface area contributed by atoms with E-state index in [1.54, 1.807) is 0 Å². The second-order valence-electron chi connectivity index (χ2n) is 3.81. The predicted molar refractivity (Wildman–Crippen MR) is 72.0 cm³/mol. The van der Waals surface area contributed by atoms with Crippen molar-refractivity contribution in [1.82, 2.24) is 24.1 Å². The van der Waals surface area contributed by atoms with Gasteiger partial charge < -0.3 is 0 Å². The van der Waals surface area contributed by atoms with Crippen LogP contribution in [-0.2, 0) is 13.1 Å². The van der Waals surface area contributed by atoms with Gasteiger partial charge in [-0.2, -0.15) is 0 Å². The molecule has 0 radical (unpaired) electrons. The molecule has 94 valence electrons. The molecule has 2 aromatic rings. The Morgan fingerprint density at radius 1 is 1.11 bits per heavy atom. The van der Waals surface area contributed by atoms with Crippen LogP contribution >= 0.6 is 23.1 Å². The minimum absolute atomic E-state index is 0.776. The average Bonchev–Trinajstić information content (AvgIpc) is 3.02. The molecule has 2 rings (SSSR count). The van der Waals surface area contributed by atoms with Gasteiger partial charge in [0.1, 0.15) is 0 Å². The summed E-state index contributed by atoms with van der Waals surface area (Å²) in [7, 11) is 0. The summed E-state index contributed by atoms with van der Waals surface area (Å²) >= 11 is 2.74. The van der Waals surface area contributed by atoms with Crippen LogP contribution < -0.4 is 0 Å². The second-order valence-corrected chi connectivity index (χ2v) is 5.03. The number of terminal acetylenes is 1. The van der Waals surface area contributed by atoms with E-state index < -0.39 is 0 Å². The summed E-state index contributed by atoms with van der Waals surface area (Å²) in [4.78, 5) is 2.27. The lowest BCUT2D eigenvalue weighted by atomic mass is 10.2. The van der Waals surface area contributed by atoms with Gasteiger partial charge in [0.05, 0.1) is 11.4 Å². The van der Waals surface area contributed by atoms with Gasteiger partial charge in [0.2, 0.25) is 0 Å². The molecule has 0 saturated carbocycles. The van der Waals surface area contributed by atoms with Crippen molar-refractivity contribution < 1.29 is 0 Å². The molecule has 0 aliphatic rings. The monoisotopic (exact) mass is 279 g/mol. The van der Waals surface area contributed by atoms with E-state index >= 15 is 0 Å². The SMILES string of the molecule is C#CCCCN(Cc1csnn1)Cc1csnn1. The molecule has 0 aliphatic carbocycles. The highest BCUT2D eigenvalue weighted by Crippen LogP contribution is 2.09. The van der Waals surface area contributed by atoms with Gasteiger partial charge in [-0.15, -0.1) is 22.5 Å². The summed E-state index contributed by atoms with van der Waals surface area (Å²) in [5.41, 5.74) is 1.98. The van der Waals surface area contributed by atoms with Crippen LogP contribution in [0.15, 0.2) is 10.8 Å². The highest BCUT2D eigenvalue weighted by molar-refractivity contribution is 7.03. The van der Waals surface area contributed by atoms with Crippen LogP contribution in [0.25, 0.3) is 0 Å². The summed E-state index contributed by atoms with van der Waals surface area (Å²) in [6.45, 7) is 2.48. The lowest BCUT2D eigenvalue weighted by Gasteiger charge is -2.19. The normalized spacial score (nSPS) is 10.7. The van der Waals surface area contributed by atoms with Crippen molar-refractivity contribution in [3.63, 3.8) is 0 Å². The van der Waals surface area contributed by atoms with Crippen LogP contribution in [0, 0.1) is 12.3 Å². The number of nitrogens with zero attached hydrogens (tertiary/aromatic N) is 5. The minimum atomic E-state index is 0.776. The van der Waals surface area contributed by atoms with E-state index in [4.69, 9.17) is 6.42 Å². The molecule has 0 bridgehead atoms. The highest BCUT2D eigenvalue weighted by Gasteiger charge is 2.10. The van der Waals surface area contributed by atoms with Gasteiger partial charge >= 0.3 is 0 Å². The Morgan fingerprint density at radius 3 is 2.17 bits per heavy atom. The van der Waals surface area contributed by atoms with E-state index in [-0.39, 0.29) is 0 Å². The van der Waals surface area contributed by atoms with E-state index in [0.717, 1.165) is 43.9 Å². The fourth-order valence-electron chi connectivity index (χ4n) is 1.58. The minimum Gasteiger partial charge on any atom is -0.291 e. The standard InChI is InChI=1S/C11H13N5S2/c1-2-3-4-5-16(6-10-8-17-14-12-10)7-11-9-18-15-13-11/h1,8-9H,3-7H2. The van der Waals surface area contributed by atoms with Crippen molar-refractivity contribution in [2.45, 2.75) is 25.9 Å². The topological polar surface area (TPSA) is 54.8 Å². The molecule has 0 N–H and O–H groups in total. The van der Waals surface area contributed by atoms with Crippen LogP contribution in [0.1, 0.15) is 24.2 Å². The van der Waals surface area contributed by atoms with E-state index in [0.29, 0.717) is 0 Å². The summed E-state index contributed by atoms with van der Waals surface area (Å²) in [5, 5.41) is 12.1. The Balaban J connectivity index is 1.91. The average molecular weight is 279 g/mol. The molecule has 0 amide bonds. The van der Waals surface area contributed by atoms with Gasteiger partial charge in [0.25, 0.3) is 0 Å². The summed E-state index contributed by atoms with van der Waals surface area (Å²) in [6, 6.07) is 0. The molecule has 0 atom stereocenters. The van der Waals surface area contributed by atoms with Crippen LogP contribution in [0.4, 0.5) is 0 Å². The fraction of sp³-hybridized carbons (Fsp3) is 0.455. The summed E-state index contributed by atoms with van der Waals surface area (Å²) < 4.78 is 7.75. The third kappa shape index (κ3) is 4.14. The van der Waals surface area contributed by atoms with E-state index in [1.165, 1.54) is 23.1 Å². The Kier molecular flexibility index (Phi) is 5.20. The van der Waals surface area contributed by atoms with Gasteiger partial charge in [0, 0.05) is 30.3 Å². The maximum Gasteiger partial charge on any atom is 0.0895 e. The van der Waals surface area contributed by atoms with Crippen molar-refractivity contribution >= 4 is 23.1 Å². The third-order valence-electron chi connectivity index (χ3n) is 2.38. The zero-order valence-corrected chi connectivity index (χ0v) is 11.5. The Hall–Kier alpha value is -1.36. The number of rotatable bonds is 7. The maximum atomic E-state index is 5.28. The first-order valence-electron chi connectivity index (χ1n) is 5.56. The van der Waals surface area contributed by atoms with E-state index in [9.17, 15) is 0 Å². The number of unbranched alkanes of at least 4 members (excludes halogenated alkanes) is 1. The van der Waals surface area contributed by atoms with Crippen LogP contribution in [0.3, 0.4) is 0 Å². The summed E-state index contributed by atoms with van der Waals surface area (Å²) in [6.07, 6.45) is 7.05. The van der Waals surface area contributed by atoms with Gasteiger partial charge in [-0.05, 0) is 36.0 Å². The highest BCUT2D eigenvalue weighted by atomic mass is 32.1. The van der Waals surface area contributed by atoms with Gasteiger partial charge in [-0.25, -0.2) is 0 Å². The number of hydrogen-bond donors (Lipinski definition) is 0. The molecule has 2 aromatic heterocycles. The van der Waals surface area contributed by atoms with Crippen LogP contribution in [0.5, 0.6) is 0 Å². The van der Waals surface area contributed by atoms with E-state index in [1.807, 2.05) is 10.8 Å². The molecule has 0 unspecified atom stereocenters. The molecular formula is C11H13N5S2. The quantitative estimate of drug-likeness (QED) is 0.571. The smallest absolute Gasteiger partial charge is 0.0895 e. The Bertz CT molecular complexity index is 438. The number of aromatic nitrogens is 4. The lowest BCUT2D eigenvalue weighted by molar-refractivity contribution is 0.248. The molecule has 2 heterocycles. The zero-order chi connectivity index (χ0) is 12.6. The van der Waals surface area contributed by atoms with Crippen molar-refractivity contribution in [2.75, 3.05) is 6.54 Å². The molecular weight excluding hydrogens is 266 g/mol. The molecule has 5 nitrogen and oxygen atoms in total. The van der Waals surface area contributed by atoms with Crippen molar-refractivity contribution in [2.24, 2.45) is 0 Å². The lowest BCUT2D eigenvalue weighted by Crippen LogP contribution is -2.24. The fourth-order valence-corrected chi connectivity index (χ4v) is 2.47. The molecule has 7 heteroatoms. The molecule has 0 aliphatic heterocycles. The van der Waals surface area contributed by atoms with Gasteiger partial charge in [0.15, 0.2) is 0 Å². The summed E-state index contributed by atoms with van der Waals surface area (Å²) in [5.74, 6) is 2.66. The largest absolute Gasteiger partial charge is 0.291 e. The first-order chi connectivity index (χ1) is 8.88. The molecule has 0 fully saturated rings. The number of hydrogen-bond acceptors (Lipinski definition) is 7. The van der Waals surface area contributed by atoms with Crippen LogP contribution in [0.2, 0.25) is 0 Å². The molecule has 0 spiro atoms. The molecule has 18 heavy (non-hydrogen) atoms. The first kappa shape index (κ1) is 13.1. The van der Waals surface area contributed by atoms with Crippen molar-refractivity contribution in [1.29, 1.82) is 0 Å². The van der Waals surface area contributed by atoms with Crippen molar-refractivity contribution in [3.8, 4) is 12.3 Å². The van der Waals surface area contributed by atoms with E-state index in [2.05, 4.69) is 30.0 Å². The second kappa shape index (κ2) is 7.16. The van der Waals surface area contributed by atoms with Gasteiger partial charge in [-0.3, -0.25) is 4.90 Å². The van der Waals surface area contributed by atoms with Crippen molar-refractivity contribution in [3.05, 3.63) is 22.1 Å². The van der Waals surface area contributed by atoms with Gasteiger partial charge in [-0.1, -0.05) is 8.98 Å². The van der Waals surface area contributed by atoms with Crippen LogP contribution in [-0.4, -0.2) is 30.6 Å². The predicted octanol–water partition coefficient (Wildman–Crippen LogP) is 1.81. The third-order valence-corrected chi connectivity index (χ3v) is 3.48. The first-order valence-corrected chi connectivity index (χ1v) is 7.23. The molecule has 0 saturated heterocycles.